The predicted molar refractivity (Wildman–Crippen MR) is 84.6 cm³/mol. The van der Waals surface area contributed by atoms with E-state index < -0.39 is 0 Å². The Bertz CT molecular complexity index is 546. The van der Waals surface area contributed by atoms with Crippen LogP contribution in [0, 0.1) is 0 Å². The Kier molecular flexibility index (Phi) is 5.73. The molecule has 3 heteroatoms. The Morgan fingerprint density at radius 1 is 0.905 bits per heavy atom. The summed E-state index contributed by atoms with van der Waals surface area (Å²) in [7, 11) is 0. The van der Waals surface area contributed by atoms with E-state index in [0.717, 1.165) is 13.0 Å². The van der Waals surface area contributed by atoms with Gasteiger partial charge in [0.2, 0.25) is 5.78 Å². The van der Waals surface area contributed by atoms with Crippen molar-refractivity contribution in [3.63, 3.8) is 0 Å². The Balaban J connectivity index is 1.82. The van der Waals surface area contributed by atoms with Crippen LogP contribution in [0.2, 0.25) is 0 Å². The van der Waals surface area contributed by atoms with Gasteiger partial charge in [0.1, 0.15) is 0 Å². The van der Waals surface area contributed by atoms with Gasteiger partial charge in [0.15, 0.2) is 5.78 Å². The molecule has 1 aliphatic rings. The van der Waals surface area contributed by atoms with Gasteiger partial charge in [0.25, 0.3) is 0 Å². The number of allylic oxidation sites excluding steroid dienone is 2. The highest BCUT2D eigenvalue weighted by molar-refractivity contribution is 6.24. The standard InChI is InChI=1S/C18H23NO2/c1-2-3-4-5-6-9-12-19-16-13-17(20)14-10-7-8-11-15(14)18(16)21/h7-8,10-11,13,19H,2-6,9,12H2,1H3. The van der Waals surface area contributed by atoms with Gasteiger partial charge in [0.05, 0.1) is 5.70 Å². The van der Waals surface area contributed by atoms with Gasteiger partial charge < -0.3 is 5.32 Å². The molecule has 0 unspecified atom stereocenters. The van der Waals surface area contributed by atoms with Crippen molar-refractivity contribution >= 4 is 11.6 Å². The molecule has 1 aromatic carbocycles. The zero-order chi connectivity index (χ0) is 15.1. The van der Waals surface area contributed by atoms with Crippen LogP contribution in [0.4, 0.5) is 0 Å². The summed E-state index contributed by atoms with van der Waals surface area (Å²) in [6.07, 6.45) is 8.70. The molecule has 0 heterocycles. The monoisotopic (exact) mass is 285 g/mol. The minimum Gasteiger partial charge on any atom is -0.382 e. The smallest absolute Gasteiger partial charge is 0.209 e. The van der Waals surface area contributed by atoms with Crippen LogP contribution in [0.1, 0.15) is 66.2 Å². The van der Waals surface area contributed by atoms with Gasteiger partial charge in [0, 0.05) is 23.7 Å². The molecule has 112 valence electrons. The lowest BCUT2D eigenvalue weighted by Gasteiger charge is -2.16. The van der Waals surface area contributed by atoms with Crippen LogP contribution in [-0.2, 0) is 0 Å². The fourth-order valence-electron chi connectivity index (χ4n) is 2.58. The maximum Gasteiger partial charge on any atom is 0.209 e. The van der Waals surface area contributed by atoms with Gasteiger partial charge in [-0.25, -0.2) is 0 Å². The number of hydrogen-bond donors (Lipinski definition) is 1. The fourth-order valence-corrected chi connectivity index (χ4v) is 2.58. The zero-order valence-corrected chi connectivity index (χ0v) is 12.7. The molecule has 0 atom stereocenters. The molecule has 21 heavy (non-hydrogen) atoms. The van der Waals surface area contributed by atoms with Gasteiger partial charge in [-0.15, -0.1) is 0 Å². The first-order valence-corrected chi connectivity index (χ1v) is 7.87. The Morgan fingerprint density at radius 2 is 1.57 bits per heavy atom. The Morgan fingerprint density at radius 3 is 2.33 bits per heavy atom. The Hall–Kier alpha value is -1.90. The van der Waals surface area contributed by atoms with Crippen molar-refractivity contribution in [3.05, 3.63) is 47.2 Å². The summed E-state index contributed by atoms with van der Waals surface area (Å²) in [5.41, 5.74) is 1.45. The largest absolute Gasteiger partial charge is 0.382 e. The van der Waals surface area contributed by atoms with Crippen molar-refractivity contribution in [3.8, 4) is 0 Å². The lowest BCUT2D eigenvalue weighted by Crippen LogP contribution is -2.27. The third kappa shape index (κ3) is 4.03. The van der Waals surface area contributed by atoms with Crippen LogP contribution >= 0.6 is 0 Å². The van der Waals surface area contributed by atoms with Crippen LogP contribution in [0.5, 0.6) is 0 Å². The molecule has 0 spiro atoms. The summed E-state index contributed by atoms with van der Waals surface area (Å²) >= 11 is 0. The lowest BCUT2D eigenvalue weighted by molar-refractivity contribution is 0.0978. The first-order chi connectivity index (χ1) is 10.2. The SMILES string of the molecule is CCCCCCCCNC1=CC(=O)c2ccccc2C1=O. The van der Waals surface area contributed by atoms with Crippen molar-refractivity contribution in [2.24, 2.45) is 0 Å². The summed E-state index contributed by atoms with van der Waals surface area (Å²) in [5, 5.41) is 3.12. The first-order valence-electron chi connectivity index (χ1n) is 7.87. The lowest BCUT2D eigenvalue weighted by atomic mass is 9.93. The van der Waals surface area contributed by atoms with E-state index in [1.54, 1.807) is 24.3 Å². The van der Waals surface area contributed by atoms with Gasteiger partial charge in [-0.05, 0) is 6.42 Å². The summed E-state index contributed by atoms with van der Waals surface area (Å²) in [6, 6.07) is 7.00. The number of rotatable bonds is 8. The number of carbonyl (C=O) groups excluding carboxylic acids is 2. The quantitative estimate of drug-likeness (QED) is 0.737. The van der Waals surface area contributed by atoms with E-state index in [9.17, 15) is 9.59 Å². The van der Waals surface area contributed by atoms with Gasteiger partial charge in [-0.3, -0.25) is 9.59 Å². The normalized spacial score (nSPS) is 13.9. The second kappa shape index (κ2) is 7.77. The molecule has 2 rings (SSSR count). The van der Waals surface area contributed by atoms with Gasteiger partial charge in [-0.2, -0.15) is 0 Å². The maximum atomic E-state index is 12.3. The van der Waals surface area contributed by atoms with E-state index in [1.165, 1.54) is 38.2 Å². The van der Waals surface area contributed by atoms with Gasteiger partial charge >= 0.3 is 0 Å². The van der Waals surface area contributed by atoms with Crippen molar-refractivity contribution in [2.45, 2.75) is 45.4 Å². The summed E-state index contributed by atoms with van der Waals surface area (Å²) in [6.45, 7) is 2.96. The average molecular weight is 285 g/mol. The van der Waals surface area contributed by atoms with E-state index in [4.69, 9.17) is 0 Å². The molecule has 0 aromatic heterocycles. The first kappa shape index (κ1) is 15.5. The van der Waals surface area contributed by atoms with Crippen LogP contribution in [-0.4, -0.2) is 18.1 Å². The number of hydrogen-bond acceptors (Lipinski definition) is 3. The number of Topliss-reactive ketones (excluding diaryl/α,β-unsaturated/α-hetero) is 1. The van der Waals surface area contributed by atoms with Crippen molar-refractivity contribution in [1.82, 2.24) is 5.32 Å². The average Bonchev–Trinajstić information content (AvgIpc) is 2.51. The summed E-state index contributed by atoms with van der Waals surface area (Å²) in [5.74, 6) is -0.160. The van der Waals surface area contributed by atoms with Crippen molar-refractivity contribution in [1.29, 1.82) is 0 Å². The molecule has 0 saturated carbocycles. The number of benzene rings is 1. The van der Waals surface area contributed by atoms with E-state index in [0.29, 0.717) is 16.8 Å². The van der Waals surface area contributed by atoms with Crippen molar-refractivity contribution in [2.75, 3.05) is 6.54 Å². The highest BCUT2D eigenvalue weighted by atomic mass is 16.1. The van der Waals surface area contributed by atoms with E-state index >= 15 is 0 Å². The van der Waals surface area contributed by atoms with Crippen molar-refractivity contribution < 1.29 is 9.59 Å². The van der Waals surface area contributed by atoms with E-state index in [2.05, 4.69) is 12.2 Å². The van der Waals surface area contributed by atoms with Gasteiger partial charge in [-0.1, -0.05) is 63.3 Å². The molecule has 0 amide bonds. The molecule has 1 N–H and O–H groups in total. The molecular weight excluding hydrogens is 262 g/mol. The number of fused-ring (bicyclic) bond motifs is 1. The second-order valence-electron chi connectivity index (χ2n) is 5.49. The number of carbonyl (C=O) groups is 2. The van der Waals surface area contributed by atoms with E-state index in [-0.39, 0.29) is 11.6 Å². The summed E-state index contributed by atoms with van der Waals surface area (Å²) in [4.78, 5) is 24.3. The third-order valence-corrected chi connectivity index (χ3v) is 3.80. The minimum absolute atomic E-state index is 0.0730. The second-order valence-corrected chi connectivity index (χ2v) is 5.49. The molecule has 0 fully saturated rings. The molecule has 1 aliphatic carbocycles. The molecule has 0 bridgehead atoms. The Labute approximate surface area is 126 Å². The zero-order valence-electron chi connectivity index (χ0n) is 12.7. The molecule has 0 radical (unpaired) electrons. The van der Waals surface area contributed by atoms with Crippen LogP contribution < -0.4 is 5.32 Å². The topological polar surface area (TPSA) is 46.2 Å². The van der Waals surface area contributed by atoms with Crippen LogP contribution in [0.25, 0.3) is 0 Å². The highest BCUT2D eigenvalue weighted by Gasteiger charge is 2.24. The molecule has 0 aliphatic heterocycles. The number of unbranched alkanes of at least 4 members (excludes halogenated alkanes) is 5. The highest BCUT2D eigenvalue weighted by Crippen LogP contribution is 2.19. The molecule has 0 saturated heterocycles. The molecular formula is C18H23NO2. The molecule has 3 nitrogen and oxygen atoms in total. The fraction of sp³-hybridized carbons (Fsp3) is 0.444. The number of nitrogens with one attached hydrogen (secondary N) is 1. The summed E-state index contributed by atoms with van der Waals surface area (Å²) < 4.78 is 0. The third-order valence-electron chi connectivity index (χ3n) is 3.80. The maximum absolute atomic E-state index is 12.3. The van der Waals surface area contributed by atoms with E-state index in [1.807, 2.05) is 0 Å². The van der Waals surface area contributed by atoms with Crippen LogP contribution in [0.15, 0.2) is 36.0 Å². The number of ketones is 2. The molecule has 1 aromatic rings. The predicted octanol–water partition coefficient (Wildman–Crippen LogP) is 3.90. The minimum atomic E-state index is -0.0874. The van der Waals surface area contributed by atoms with Crippen LogP contribution in [0.3, 0.4) is 0 Å².